The van der Waals surface area contributed by atoms with E-state index in [0.29, 0.717) is 0 Å². The van der Waals surface area contributed by atoms with Gasteiger partial charge >= 0.3 is 0 Å². The van der Waals surface area contributed by atoms with Crippen molar-refractivity contribution in [1.29, 1.82) is 0 Å². The number of aryl methyl sites for hydroxylation is 2. The smallest absolute Gasteiger partial charge is 0.0951 e. The zero-order valence-electron chi connectivity index (χ0n) is 9.59. The molecule has 0 atom stereocenters. The topological polar surface area (TPSA) is 17.8 Å². The summed E-state index contributed by atoms with van der Waals surface area (Å²) in [5.41, 5.74) is 4.14. The first-order valence-electron chi connectivity index (χ1n) is 5.68. The Kier molecular flexibility index (Phi) is 4.39. The second-order valence-electron chi connectivity index (χ2n) is 3.88. The lowest BCUT2D eigenvalue weighted by molar-refractivity contribution is 0.744. The van der Waals surface area contributed by atoms with E-state index in [0.717, 1.165) is 19.4 Å². The fraction of sp³-hybridized carbons (Fsp3) is 0.214. The molecule has 1 heterocycles. The van der Waals surface area contributed by atoms with Crippen molar-refractivity contribution in [2.75, 3.05) is 0 Å². The van der Waals surface area contributed by atoms with Gasteiger partial charge in [0.05, 0.1) is 6.33 Å². The van der Waals surface area contributed by atoms with Crippen LogP contribution >= 0.6 is 11.6 Å². The van der Waals surface area contributed by atoms with Crippen LogP contribution in [0.2, 0.25) is 0 Å². The maximum absolute atomic E-state index is 5.53. The van der Waals surface area contributed by atoms with Gasteiger partial charge in [-0.25, -0.2) is 4.98 Å². The van der Waals surface area contributed by atoms with Crippen LogP contribution in [0.1, 0.15) is 11.3 Å². The molecule has 0 aliphatic rings. The average molecular weight is 247 g/mol. The highest BCUT2D eigenvalue weighted by Crippen LogP contribution is 2.07. The molecule has 0 amide bonds. The molecule has 0 bridgehead atoms. The molecule has 3 heteroatoms. The minimum Gasteiger partial charge on any atom is -0.331 e. The SMILES string of the molecule is ClC=CCn1cncc1CCc1ccccc1. The summed E-state index contributed by atoms with van der Waals surface area (Å²) < 4.78 is 2.11. The monoisotopic (exact) mass is 246 g/mol. The number of rotatable bonds is 5. The molecule has 0 saturated carbocycles. The van der Waals surface area contributed by atoms with Crippen molar-refractivity contribution in [1.82, 2.24) is 9.55 Å². The summed E-state index contributed by atoms with van der Waals surface area (Å²) in [6, 6.07) is 10.5. The Morgan fingerprint density at radius 1 is 1.18 bits per heavy atom. The van der Waals surface area contributed by atoms with Crippen molar-refractivity contribution in [2.45, 2.75) is 19.4 Å². The van der Waals surface area contributed by atoms with Gasteiger partial charge in [-0.05, 0) is 18.4 Å². The molecule has 2 rings (SSSR count). The van der Waals surface area contributed by atoms with Crippen LogP contribution < -0.4 is 0 Å². The minimum atomic E-state index is 0.785. The number of aromatic nitrogens is 2. The number of hydrogen-bond acceptors (Lipinski definition) is 1. The second-order valence-corrected chi connectivity index (χ2v) is 4.14. The Balaban J connectivity index is 1.97. The van der Waals surface area contributed by atoms with Crippen LogP contribution in [0.15, 0.2) is 54.5 Å². The van der Waals surface area contributed by atoms with E-state index >= 15 is 0 Å². The molecule has 1 aromatic heterocycles. The van der Waals surface area contributed by atoms with Gasteiger partial charge in [-0.3, -0.25) is 0 Å². The number of imidazole rings is 1. The minimum absolute atomic E-state index is 0.785. The number of hydrogen-bond donors (Lipinski definition) is 0. The van der Waals surface area contributed by atoms with Gasteiger partial charge in [0.1, 0.15) is 0 Å². The number of halogens is 1. The van der Waals surface area contributed by atoms with Crippen LogP contribution in [-0.2, 0) is 19.4 Å². The summed E-state index contributed by atoms with van der Waals surface area (Å²) in [4.78, 5) is 4.17. The lowest BCUT2D eigenvalue weighted by atomic mass is 10.1. The van der Waals surface area contributed by atoms with Gasteiger partial charge in [0.15, 0.2) is 0 Å². The molecule has 17 heavy (non-hydrogen) atoms. The Bertz CT molecular complexity index is 474. The summed E-state index contributed by atoms with van der Waals surface area (Å²) in [7, 11) is 0. The second kappa shape index (κ2) is 6.26. The fourth-order valence-corrected chi connectivity index (χ4v) is 1.87. The van der Waals surface area contributed by atoms with Crippen molar-refractivity contribution in [2.24, 2.45) is 0 Å². The van der Waals surface area contributed by atoms with Crippen LogP contribution in [0.5, 0.6) is 0 Å². The lowest BCUT2D eigenvalue weighted by Crippen LogP contribution is -2.01. The maximum Gasteiger partial charge on any atom is 0.0951 e. The Labute approximate surface area is 107 Å². The van der Waals surface area contributed by atoms with Gasteiger partial charge in [-0.1, -0.05) is 48.0 Å². The Morgan fingerprint density at radius 3 is 2.76 bits per heavy atom. The Morgan fingerprint density at radius 2 is 2.00 bits per heavy atom. The van der Waals surface area contributed by atoms with Gasteiger partial charge < -0.3 is 4.57 Å². The van der Waals surface area contributed by atoms with E-state index in [-0.39, 0.29) is 0 Å². The highest BCUT2D eigenvalue weighted by molar-refractivity contribution is 6.25. The summed E-state index contributed by atoms with van der Waals surface area (Å²) >= 11 is 5.53. The number of benzene rings is 1. The third kappa shape index (κ3) is 3.46. The summed E-state index contributed by atoms with van der Waals surface area (Å²) in [5, 5.41) is 0. The first-order chi connectivity index (χ1) is 8.40. The van der Waals surface area contributed by atoms with Gasteiger partial charge in [0.25, 0.3) is 0 Å². The first-order valence-corrected chi connectivity index (χ1v) is 6.12. The molecule has 0 spiro atoms. The molecule has 0 unspecified atom stereocenters. The quantitative estimate of drug-likeness (QED) is 0.791. The third-order valence-electron chi connectivity index (χ3n) is 2.70. The van der Waals surface area contributed by atoms with Crippen molar-refractivity contribution >= 4 is 11.6 Å². The van der Waals surface area contributed by atoms with Gasteiger partial charge in [0, 0.05) is 24.0 Å². The van der Waals surface area contributed by atoms with Crippen molar-refractivity contribution in [3.05, 3.63) is 65.7 Å². The molecule has 2 aromatic rings. The fourth-order valence-electron chi connectivity index (χ4n) is 1.79. The van der Waals surface area contributed by atoms with Crippen LogP contribution in [0.4, 0.5) is 0 Å². The molecule has 0 aliphatic heterocycles. The predicted molar refractivity (Wildman–Crippen MR) is 71.1 cm³/mol. The largest absolute Gasteiger partial charge is 0.331 e. The molecule has 88 valence electrons. The molecule has 0 saturated heterocycles. The van der Waals surface area contributed by atoms with E-state index in [4.69, 9.17) is 11.6 Å². The number of nitrogens with zero attached hydrogens (tertiary/aromatic N) is 2. The van der Waals surface area contributed by atoms with E-state index in [1.54, 1.807) is 5.54 Å². The highest BCUT2D eigenvalue weighted by atomic mass is 35.5. The van der Waals surface area contributed by atoms with Gasteiger partial charge in [-0.2, -0.15) is 0 Å². The molecule has 2 nitrogen and oxygen atoms in total. The van der Waals surface area contributed by atoms with E-state index in [1.165, 1.54) is 11.3 Å². The molecular weight excluding hydrogens is 232 g/mol. The van der Waals surface area contributed by atoms with E-state index in [1.807, 2.05) is 24.7 Å². The first kappa shape index (κ1) is 11.9. The van der Waals surface area contributed by atoms with Crippen molar-refractivity contribution in [3.8, 4) is 0 Å². The van der Waals surface area contributed by atoms with Gasteiger partial charge in [-0.15, -0.1) is 0 Å². The zero-order valence-corrected chi connectivity index (χ0v) is 10.3. The summed E-state index contributed by atoms with van der Waals surface area (Å²) in [5.74, 6) is 0. The van der Waals surface area contributed by atoms with E-state index < -0.39 is 0 Å². The molecule has 0 N–H and O–H groups in total. The van der Waals surface area contributed by atoms with E-state index in [9.17, 15) is 0 Å². The van der Waals surface area contributed by atoms with Crippen LogP contribution in [0.3, 0.4) is 0 Å². The molecular formula is C14H15ClN2. The maximum atomic E-state index is 5.53. The standard InChI is InChI=1S/C14H15ClN2/c15-9-4-10-17-12-16-11-14(17)8-7-13-5-2-1-3-6-13/h1-6,9,11-12H,7-8,10H2. The predicted octanol–water partition coefficient (Wildman–Crippen LogP) is 3.42. The highest BCUT2D eigenvalue weighted by Gasteiger charge is 2.01. The van der Waals surface area contributed by atoms with Crippen LogP contribution in [-0.4, -0.2) is 9.55 Å². The van der Waals surface area contributed by atoms with Gasteiger partial charge in [0.2, 0.25) is 0 Å². The zero-order chi connectivity index (χ0) is 11.9. The lowest BCUT2D eigenvalue weighted by Gasteiger charge is -2.05. The molecule has 0 fully saturated rings. The van der Waals surface area contributed by atoms with Crippen molar-refractivity contribution in [3.63, 3.8) is 0 Å². The third-order valence-corrected chi connectivity index (χ3v) is 2.88. The Hall–Kier alpha value is -1.54. The van der Waals surface area contributed by atoms with Crippen LogP contribution in [0, 0.1) is 0 Å². The van der Waals surface area contributed by atoms with Crippen molar-refractivity contribution < 1.29 is 0 Å². The molecule has 0 radical (unpaired) electrons. The van der Waals surface area contributed by atoms with Crippen LogP contribution in [0.25, 0.3) is 0 Å². The molecule has 1 aromatic carbocycles. The van der Waals surface area contributed by atoms with E-state index in [2.05, 4.69) is 33.8 Å². The molecule has 0 aliphatic carbocycles. The number of allylic oxidation sites excluding steroid dienone is 1. The summed E-state index contributed by atoms with van der Waals surface area (Å²) in [6.45, 7) is 0.785. The summed E-state index contributed by atoms with van der Waals surface area (Å²) in [6.07, 6.45) is 7.72. The normalized spacial score (nSPS) is 11.1. The average Bonchev–Trinajstić information content (AvgIpc) is 2.82.